The topological polar surface area (TPSA) is 41.6 Å². The first kappa shape index (κ1) is 15.2. The Balaban J connectivity index is 2.42. The summed E-state index contributed by atoms with van der Waals surface area (Å²) in [5.41, 5.74) is 1.94. The Labute approximate surface area is 129 Å². The lowest BCUT2D eigenvalue weighted by Crippen LogP contribution is -2.27. The second kappa shape index (κ2) is 6.50. The van der Waals surface area contributed by atoms with E-state index in [0.29, 0.717) is 22.0 Å². The van der Waals surface area contributed by atoms with Crippen molar-refractivity contribution in [1.29, 1.82) is 0 Å². The van der Waals surface area contributed by atoms with Gasteiger partial charge in [0, 0.05) is 24.8 Å². The molecule has 0 saturated carbocycles. The Morgan fingerprint density at radius 3 is 2.62 bits per heavy atom. The van der Waals surface area contributed by atoms with Gasteiger partial charge in [0.05, 0.1) is 18.4 Å². The first-order valence-corrected chi connectivity index (χ1v) is 6.84. The number of carbonyl (C=O) groups is 1. The Bertz CT molecular complexity index is 658. The summed E-state index contributed by atoms with van der Waals surface area (Å²) in [6.07, 6.45) is 0. The van der Waals surface area contributed by atoms with Crippen LogP contribution in [-0.2, 0) is 0 Å². The fourth-order valence-electron chi connectivity index (χ4n) is 2.11. The van der Waals surface area contributed by atoms with Gasteiger partial charge < -0.3 is 15.0 Å². The van der Waals surface area contributed by atoms with Crippen LogP contribution in [0.3, 0.4) is 0 Å². The third-order valence-corrected chi connectivity index (χ3v) is 3.47. The number of benzene rings is 2. The monoisotopic (exact) mass is 304 g/mol. The van der Waals surface area contributed by atoms with Gasteiger partial charge in [0.15, 0.2) is 0 Å². The van der Waals surface area contributed by atoms with Gasteiger partial charge in [0.1, 0.15) is 5.75 Å². The van der Waals surface area contributed by atoms with Gasteiger partial charge in [-0.3, -0.25) is 4.79 Å². The van der Waals surface area contributed by atoms with E-state index in [1.807, 2.05) is 24.3 Å². The van der Waals surface area contributed by atoms with E-state index in [-0.39, 0.29) is 5.91 Å². The quantitative estimate of drug-likeness (QED) is 0.937. The lowest BCUT2D eigenvalue weighted by atomic mass is 10.1. The van der Waals surface area contributed by atoms with E-state index in [4.69, 9.17) is 16.3 Å². The van der Waals surface area contributed by atoms with Crippen molar-refractivity contribution in [3.05, 3.63) is 53.1 Å². The van der Waals surface area contributed by atoms with E-state index < -0.39 is 0 Å². The van der Waals surface area contributed by atoms with E-state index in [1.54, 1.807) is 44.3 Å². The van der Waals surface area contributed by atoms with Crippen molar-refractivity contribution in [1.82, 2.24) is 0 Å². The van der Waals surface area contributed by atoms with Crippen LogP contribution in [0.2, 0.25) is 5.02 Å². The highest BCUT2D eigenvalue weighted by atomic mass is 35.5. The maximum absolute atomic E-state index is 12.7. The summed E-state index contributed by atoms with van der Waals surface area (Å²) in [4.78, 5) is 14.3. The minimum atomic E-state index is -0.161. The van der Waals surface area contributed by atoms with Gasteiger partial charge in [-0.1, -0.05) is 23.7 Å². The van der Waals surface area contributed by atoms with Crippen LogP contribution >= 0.6 is 11.6 Å². The average Bonchev–Trinajstić information content (AvgIpc) is 2.53. The van der Waals surface area contributed by atoms with Gasteiger partial charge in [-0.2, -0.15) is 0 Å². The molecule has 21 heavy (non-hydrogen) atoms. The number of amides is 1. The lowest BCUT2D eigenvalue weighted by Gasteiger charge is -2.21. The molecule has 4 nitrogen and oxygen atoms in total. The summed E-state index contributed by atoms with van der Waals surface area (Å²) in [6, 6.07) is 12.6. The van der Waals surface area contributed by atoms with Crippen LogP contribution < -0.4 is 15.0 Å². The smallest absolute Gasteiger partial charge is 0.260 e. The van der Waals surface area contributed by atoms with E-state index >= 15 is 0 Å². The Morgan fingerprint density at radius 1 is 1.24 bits per heavy atom. The molecule has 110 valence electrons. The van der Waals surface area contributed by atoms with Crippen LogP contribution in [0.1, 0.15) is 10.4 Å². The third-order valence-electron chi connectivity index (χ3n) is 3.23. The Morgan fingerprint density at radius 2 is 1.95 bits per heavy atom. The molecule has 0 saturated heterocycles. The van der Waals surface area contributed by atoms with Crippen LogP contribution in [0.5, 0.6) is 5.75 Å². The molecule has 0 spiro atoms. The number of anilines is 2. The zero-order valence-corrected chi connectivity index (χ0v) is 12.9. The fraction of sp³-hybridized carbons (Fsp3) is 0.188. The highest BCUT2D eigenvalue weighted by Gasteiger charge is 2.19. The van der Waals surface area contributed by atoms with E-state index in [2.05, 4.69) is 5.32 Å². The van der Waals surface area contributed by atoms with Gasteiger partial charge in [0.2, 0.25) is 0 Å². The molecule has 5 heteroatoms. The molecule has 1 N–H and O–H groups in total. The number of nitrogens with zero attached hydrogens (tertiary/aromatic N) is 1. The molecular formula is C16H17ClN2O2. The molecule has 0 aliphatic heterocycles. The fourth-order valence-corrected chi connectivity index (χ4v) is 2.28. The summed E-state index contributed by atoms with van der Waals surface area (Å²) in [5, 5.41) is 3.52. The number of para-hydroxylation sites is 2. The van der Waals surface area contributed by atoms with Crippen molar-refractivity contribution in [3.8, 4) is 5.75 Å². The molecule has 2 aromatic rings. The molecule has 0 bridgehead atoms. The van der Waals surface area contributed by atoms with Crippen molar-refractivity contribution < 1.29 is 9.53 Å². The van der Waals surface area contributed by atoms with Gasteiger partial charge in [-0.05, 0) is 30.3 Å². The molecular weight excluding hydrogens is 288 g/mol. The van der Waals surface area contributed by atoms with Crippen LogP contribution in [0.4, 0.5) is 11.4 Å². The van der Waals surface area contributed by atoms with Gasteiger partial charge in [-0.25, -0.2) is 0 Å². The van der Waals surface area contributed by atoms with Crippen LogP contribution in [0.25, 0.3) is 0 Å². The number of hydrogen-bond donors (Lipinski definition) is 1. The molecule has 2 aromatic carbocycles. The number of halogens is 1. The van der Waals surface area contributed by atoms with Gasteiger partial charge in [0.25, 0.3) is 5.91 Å². The maximum Gasteiger partial charge on any atom is 0.260 e. The molecule has 2 rings (SSSR count). The first-order chi connectivity index (χ1) is 10.1. The molecule has 0 aliphatic rings. The molecule has 0 radical (unpaired) electrons. The Kier molecular flexibility index (Phi) is 4.70. The predicted molar refractivity (Wildman–Crippen MR) is 86.7 cm³/mol. The summed E-state index contributed by atoms with van der Waals surface area (Å²) in [7, 11) is 5.05. The zero-order chi connectivity index (χ0) is 15.4. The lowest BCUT2D eigenvalue weighted by molar-refractivity contribution is 0.0993. The minimum Gasteiger partial charge on any atom is -0.495 e. The van der Waals surface area contributed by atoms with Gasteiger partial charge >= 0.3 is 0 Å². The first-order valence-electron chi connectivity index (χ1n) is 6.47. The minimum absolute atomic E-state index is 0.161. The number of methoxy groups -OCH3 is 1. The maximum atomic E-state index is 12.7. The third kappa shape index (κ3) is 3.11. The van der Waals surface area contributed by atoms with E-state index in [0.717, 1.165) is 5.69 Å². The standard InChI is InChI=1S/C16H17ClN2O2/c1-18-13-9-8-11(17)10-12(13)16(20)19(2)14-6-4-5-7-15(14)21-3/h4-10,18H,1-3H3. The van der Waals surface area contributed by atoms with Crippen LogP contribution in [-0.4, -0.2) is 27.1 Å². The molecule has 0 aliphatic carbocycles. The number of hydrogen-bond acceptors (Lipinski definition) is 3. The normalized spacial score (nSPS) is 10.1. The van der Waals surface area contributed by atoms with Crippen LogP contribution in [0, 0.1) is 0 Å². The van der Waals surface area contributed by atoms with Crippen LogP contribution in [0.15, 0.2) is 42.5 Å². The summed E-state index contributed by atoms with van der Waals surface area (Å²) >= 11 is 6.00. The largest absolute Gasteiger partial charge is 0.495 e. The van der Waals surface area contributed by atoms with E-state index in [1.165, 1.54) is 0 Å². The molecule has 0 atom stereocenters. The Hall–Kier alpha value is -2.20. The number of carbonyl (C=O) groups excluding carboxylic acids is 1. The second-order valence-corrected chi connectivity index (χ2v) is 4.91. The number of nitrogens with one attached hydrogen (secondary N) is 1. The van der Waals surface area contributed by atoms with Gasteiger partial charge in [-0.15, -0.1) is 0 Å². The zero-order valence-electron chi connectivity index (χ0n) is 12.2. The number of ether oxygens (including phenoxy) is 1. The van der Waals surface area contributed by atoms with Crippen molar-refractivity contribution >= 4 is 28.9 Å². The van der Waals surface area contributed by atoms with Crippen molar-refractivity contribution in [2.75, 3.05) is 31.4 Å². The molecule has 0 fully saturated rings. The molecule has 0 heterocycles. The summed E-state index contributed by atoms with van der Waals surface area (Å²) in [5.74, 6) is 0.479. The second-order valence-electron chi connectivity index (χ2n) is 4.48. The number of rotatable bonds is 4. The molecule has 0 unspecified atom stereocenters. The van der Waals surface area contributed by atoms with Crippen molar-refractivity contribution in [2.24, 2.45) is 0 Å². The van der Waals surface area contributed by atoms with Crippen molar-refractivity contribution in [3.63, 3.8) is 0 Å². The highest BCUT2D eigenvalue weighted by molar-refractivity contribution is 6.31. The SMILES string of the molecule is CNc1ccc(Cl)cc1C(=O)N(C)c1ccccc1OC. The summed E-state index contributed by atoms with van der Waals surface area (Å²) < 4.78 is 5.30. The average molecular weight is 305 g/mol. The van der Waals surface area contributed by atoms with Crippen molar-refractivity contribution in [2.45, 2.75) is 0 Å². The summed E-state index contributed by atoms with van der Waals surface area (Å²) in [6.45, 7) is 0. The molecule has 1 amide bonds. The predicted octanol–water partition coefficient (Wildman–Crippen LogP) is 3.67. The van der Waals surface area contributed by atoms with E-state index in [9.17, 15) is 4.79 Å². The highest BCUT2D eigenvalue weighted by Crippen LogP contribution is 2.29. The molecule has 0 aromatic heterocycles.